The van der Waals surface area contributed by atoms with Crippen LogP contribution in [0.2, 0.25) is 0 Å². The summed E-state index contributed by atoms with van der Waals surface area (Å²) in [5.41, 5.74) is 4.73. The molecule has 0 spiro atoms. The van der Waals surface area contributed by atoms with Gasteiger partial charge in [0.15, 0.2) is 5.65 Å². The molecule has 5 rings (SSSR count). The Balaban J connectivity index is 1.46. The topological polar surface area (TPSA) is 101 Å². The molecule has 0 aliphatic rings. The molecule has 0 aromatic carbocycles. The summed E-state index contributed by atoms with van der Waals surface area (Å²) >= 11 is 0. The lowest BCUT2D eigenvalue weighted by molar-refractivity contribution is 0.183. The molecule has 0 N–H and O–H groups in total. The summed E-state index contributed by atoms with van der Waals surface area (Å²) in [5.74, 6) is 0. The van der Waals surface area contributed by atoms with Crippen molar-refractivity contribution in [3.63, 3.8) is 0 Å². The molecule has 0 saturated heterocycles. The van der Waals surface area contributed by atoms with E-state index in [4.69, 9.17) is 9.72 Å². The molecule has 28 heavy (non-hydrogen) atoms. The lowest BCUT2D eigenvalue weighted by atomic mass is 10.2. The molecule has 140 valence electrons. The standard InChI is InChI=1S/C18H17N9O/c1-28-7-6-26-12-14(8-21-26)15-9-20-17-18(22-15)27(24-23-17)11-13-2-3-16-19-4-5-25(16)10-13/h2-5,8-10,12H,6-7,11H2,1H3. The number of rotatable bonds is 6. The summed E-state index contributed by atoms with van der Waals surface area (Å²) in [4.78, 5) is 13.4. The smallest absolute Gasteiger partial charge is 0.221 e. The predicted molar refractivity (Wildman–Crippen MR) is 101 cm³/mol. The van der Waals surface area contributed by atoms with Gasteiger partial charge >= 0.3 is 0 Å². The van der Waals surface area contributed by atoms with Crippen molar-refractivity contribution in [2.45, 2.75) is 13.1 Å². The highest BCUT2D eigenvalue weighted by molar-refractivity contribution is 5.69. The third-order valence-electron chi connectivity index (χ3n) is 4.46. The maximum atomic E-state index is 5.09. The van der Waals surface area contributed by atoms with Gasteiger partial charge in [0.2, 0.25) is 5.65 Å². The lowest BCUT2D eigenvalue weighted by Gasteiger charge is -2.04. The van der Waals surface area contributed by atoms with Gasteiger partial charge in [-0.05, 0) is 11.6 Å². The van der Waals surface area contributed by atoms with Gasteiger partial charge in [-0.15, -0.1) is 5.10 Å². The number of methoxy groups -OCH3 is 1. The Hall–Kier alpha value is -3.66. The first-order valence-corrected chi connectivity index (χ1v) is 8.80. The van der Waals surface area contributed by atoms with Crippen LogP contribution in [0.15, 0.2) is 49.3 Å². The molecule has 5 heterocycles. The van der Waals surface area contributed by atoms with Gasteiger partial charge < -0.3 is 9.14 Å². The van der Waals surface area contributed by atoms with Crippen LogP contribution in [0.3, 0.4) is 0 Å². The normalized spacial score (nSPS) is 11.6. The first-order valence-electron chi connectivity index (χ1n) is 8.80. The second-order valence-electron chi connectivity index (χ2n) is 6.36. The molecule has 0 atom stereocenters. The van der Waals surface area contributed by atoms with Crippen molar-refractivity contribution in [3.05, 3.63) is 54.9 Å². The molecular weight excluding hydrogens is 358 g/mol. The van der Waals surface area contributed by atoms with Crippen LogP contribution in [0, 0.1) is 0 Å². The minimum absolute atomic E-state index is 0.513. The number of hydrogen-bond acceptors (Lipinski definition) is 7. The Morgan fingerprint density at radius 2 is 2.07 bits per heavy atom. The van der Waals surface area contributed by atoms with Crippen LogP contribution in [0.4, 0.5) is 0 Å². The van der Waals surface area contributed by atoms with Crippen LogP contribution in [-0.2, 0) is 17.8 Å². The van der Waals surface area contributed by atoms with E-state index >= 15 is 0 Å². The Morgan fingerprint density at radius 3 is 3.00 bits per heavy atom. The number of nitrogens with zero attached hydrogens (tertiary/aromatic N) is 9. The molecule has 0 aliphatic carbocycles. The number of aromatic nitrogens is 9. The summed E-state index contributed by atoms with van der Waals surface area (Å²) in [7, 11) is 1.67. The zero-order valence-corrected chi connectivity index (χ0v) is 15.2. The van der Waals surface area contributed by atoms with Crippen LogP contribution in [0.25, 0.3) is 28.2 Å². The van der Waals surface area contributed by atoms with E-state index in [2.05, 4.69) is 25.4 Å². The van der Waals surface area contributed by atoms with Crippen molar-refractivity contribution >= 4 is 16.9 Å². The van der Waals surface area contributed by atoms with Gasteiger partial charge in [-0.1, -0.05) is 11.3 Å². The summed E-state index contributed by atoms with van der Waals surface area (Å²) in [6.07, 6.45) is 11.1. The summed E-state index contributed by atoms with van der Waals surface area (Å²) in [6, 6.07) is 3.99. The number of pyridine rings is 1. The van der Waals surface area contributed by atoms with Gasteiger partial charge in [-0.3, -0.25) is 4.68 Å². The van der Waals surface area contributed by atoms with Crippen molar-refractivity contribution in [1.29, 1.82) is 0 Å². The molecule has 0 radical (unpaired) electrons. The van der Waals surface area contributed by atoms with Crippen LogP contribution in [0.5, 0.6) is 0 Å². The summed E-state index contributed by atoms with van der Waals surface area (Å²) in [6.45, 7) is 1.82. The fourth-order valence-corrected chi connectivity index (χ4v) is 3.04. The summed E-state index contributed by atoms with van der Waals surface area (Å²) < 4.78 is 10.6. The average Bonchev–Trinajstić information content (AvgIpc) is 3.46. The van der Waals surface area contributed by atoms with Crippen molar-refractivity contribution in [2.24, 2.45) is 0 Å². The number of imidazole rings is 1. The highest BCUT2D eigenvalue weighted by Crippen LogP contribution is 2.18. The molecule has 0 saturated carbocycles. The van der Waals surface area contributed by atoms with Gasteiger partial charge in [0.25, 0.3) is 0 Å². The zero-order chi connectivity index (χ0) is 18.9. The molecule has 10 nitrogen and oxygen atoms in total. The van der Waals surface area contributed by atoms with Gasteiger partial charge in [0, 0.05) is 37.5 Å². The molecule has 5 aromatic rings. The molecule has 0 fully saturated rings. The Kier molecular flexibility index (Phi) is 4.02. The maximum Gasteiger partial charge on any atom is 0.221 e. The SMILES string of the molecule is COCCn1cc(-c2cnc3nnn(Cc4ccc5nccn5c4)c3n2)cn1. The Morgan fingerprint density at radius 1 is 1.11 bits per heavy atom. The zero-order valence-electron chi connectivity index (χ0n) is 15.2. The van der Waals surface area contributed by atoms with Crippen molar-refractivity contribution < 1.29 is 4.74 Å². The minimum atomic E-state index is 0.513. The van der Waals surface area contributed by atoms with Gasteiger partial charge in [-0.2, -0.15) is 5.10 Å². The molecular formula is C18H17N9O. The fraction of sp³-hybridized carbons (Fsp3) is 0.222. The maximum absolute atomic E-state index is 5.09. The van der Waals surface area contributed by atoms with E-state index in [1.165, 1.54) is 0 Å². The number of ether oxygens (including phenoxy) is 1. The van der Waals surface area contributed by atoms with E-state index in [-0.39, 0.29) is 0 Å². The van der Waals surface area contributed by atoms with E-state index in [0.717, 1.165) is 22.5 Å². The average molecular weight is 375 g/mol. The van der Waals surface area contributed by atoms with Crippen molar-refractivity contribution in [2.75, 3.05) is 13.7 Å². The minimum Gasteiger partial charge on any atom is -0.383 e. The van der Waals surface area contributed by atoms with E-state index < -0.39 is 0 Å². The monoisotopic (exact) mass is 375 g/mol. The van der Waals surface area contributed by atoms with Crippen LogP contribution < -0.4 is 0 Å². The fourth-order valence-electron chi connectivity index (χ4n) is 3.04. The second kappa shape index (κ2) is 6.82. The largest absolute Gasteiger partial charge is 0.383 e. The third kappa shape index (κ3) is 2.99. The molecule has 5 aromatic heterocycles. The van der Waals surface area contributed by atoms with E-state index in [1.54, 1.807) is 30.4 Å². The Bertz CT molecular complexity index is 1250. The Labute approximate surface area is 159 Å². The number of fused-ring (bicyclic) bond motifs is 2. The van der Waals surface area contributed by atoms with Crippen LogP contribution >= 0.6 is 0 Å². The van der Waals surface area contributed by atoms with Crippen LogP contribution in [-0.4, -0.2) is 57.8 Å². The van der Waals surface area contributed by atoms with Gasteiger partial charge in [-0.25, -0.2) is 19.6 Å². The molecule has 0 unspecified atom stereocenters. The lowest BCUT2D eigenvalue weighted by Crippen LogP contribution is -2.04. The molecule has 0 amide bonds. The number of hydrogen-bond donors (Lipinski definition) is 0. The second-order valence-corrected chi connectivity index (χ2v) is 6.36. The first-order chi connectivity index (χ1) is 13.8. The highest BCUT2D eigenvalue weighted by atomic mass is 16.5. The predicted octanol–water partition coefficient (Wildman–Crippen LogP) is 1.43. The van der Waals surface area contributed by atoms with Gasteiger partial charge in [0.05, 0.1) is 37.8 Å². The van der Waals surface area contributed by atoms with Crippen LogP contribution in [0.1, 0.15) is 5.56 Å². The van der Waals surface area contributed by atoms with E-state index in [9.17, 15) is 0 Å². The van der Waals surface area contributed by atoms with E-state index in [1.807, 2.05) is 39.8 Å². The van der Waals surface area contributed by atoms with Crippen molar-refractivity contribution in [3.8, 4) is 11.3 Å². The summed E-state index contributed by atoms with van der Waals surface area (Å²) in [5, 5.41) is 12.7. The van der Waals surface area contributed by atoms with Gasteiger partial charge in [0.1, 0.15) is 5.65 Å². The molecule has 0 aliphatic heterocycles. The highest BCUT2D eigenvalue weighted by Gasteiger charge is 2.12. The van der Waals surface area contributed by atoms with E-state index in [0.29, 0.717) is 31.0 Å². The molecule has 10 heteroatoms. The first kappa shape index (κ1) is 16.5. The quantitative estimate of drug-likeness (QED) is 0.442. The van der Waals surface area contributed by atoms with Crippen molar-refractivity contribution in [1.82, 2.24) is 44.1 Å². The third-order valence-corrected chi connectivity index (χ3v) is 4.46. The molecule has 0 bridgehead atoms.